The fourth-order valence-electron chi connectivity index (χ4n) is 5.13. The Hall–Kier alpha value is -4.62. The molecule has 3 aromatic carbocycles. The Bertz CT molecular complexity index is 1600. The van der Waals surface area contributed by atoms with Gasteiger partial charge in [-0.2, -0.15) is 0 Å². The van der Waals surface area contributed by atoms with Gasteiger partial charge in [-0.05, 0) is 104 Å². The van der Waals surface area contributed by atoms with Gasteiger partial charge in [-0.1, -0.05) is 23.8 Å². The molecule has 0 bridgehead atoms. The van der Waals surface area contributed by atoms with Crippen LogP contribution in [0.3, 0.4) is 0 Å². The molecular weight excluding hydrogens is 514 g/mol. The predicted octanol–water partition coefficient (Wildman–Crippen LogP) is 7.22. The Kier molecular flexibility index (Phi) is 6.97. The average molecular weight is 546 g/mol. The molecule has 0 amide bonds. The van der Waals surface area contributed by atoms with Gasteiger partial charge in [0.15, 0.2) is 5.11 Å². The molecule has 5 aromatic rings. The van der Waals surface area contributed by atoms with E-state index in [-0.39, 0.29) is 12.1 Å². The zero-order valence-electron chi connectivity index (χ0n) is 22.7. The van der Waals surface area contributed by atoms with Crippen molar-refractivity contribution in [3.05, 3.63) is 132 Å². The van der Waals surface area contributed by atoms with Crippen LogP contribution in [0.15, 0.2) is 116 Å². The van der Waals surface area contributed by atoms with Crippen LogP contribution in [0, 0.1) is 6.92 Å². The Balaban J connectivity index is 1.37. The van der Waals surface area contributed by atoms with Crippen molar-refractivity contribution in [3.63, 3.8) is 0 Å². The van der Waals surface area contributed by atoms with Gasteiger partial charge in [0.25, 0.3) is 0 Å². The smallest absolute Gasteiger partial charge is 0.174 e. The predicted molar refractivity (Wildman–Crippen MR) is 166 cm³/mol. The van der Waals surface area contributed by atoms with Crippen molar-refractivity contribution < 1.29 is 4.74 Å². The third-order valence-corrected chi connectivity index (χ3v) is 7.51. The first-order chi connectivity index (χ1) is 19.5. The second kappa shape index (κ2) is 10.9. The number of ether oxygens (including phenoxy) is 1. The molecule has 3 heterocycles. The van der Waals surface area contributed by atoms with Gasteiger partial charge in [0.2, 0.25) is 0 Å². The molecule has 1 aliphatic heterocycles. The van der Waals surface area contributed by atoms with Crippen molar-refractivity contribution in [2.24, 2.45) is 0 Å². The van der Waals surface area contributed by atoms with Gasteiger partial charge >= 0.3 is 0 Å². The summed E-state index contributed by atoms with van der Waals surface area (Å²) in [5.74, 6) is 1.58. The molecule has 0 spiro atoms. The number of rotatable bonds is 7. The highest BCUT2D eigenvalue weighted by atomic mass is 32.1. The fraction of sp³-hybridized carbons (Fsp3) is 0.152. The molecule has 2 atom stereocenters. The van der Waals surface area contributed by atoms with Crippen molar-refractivity contribution in [2.45, 2.75) is 19.0 Å². The first-order valence-electron chi connectivity index (χ1n) is 13.3. The lowest BCUT2D eigenvalue weighted by molar-refractivity contribution is 0.482. The first-order valence-corrected chi connectivity index (χ1v) is 13.7. The minimum atomic E-state index is -0.133. The fourth-order valence-corrected chi connectivity index (χ4v) is 5.48. The molecular formula is C33H31N5OS. The topological polar surface area (TPSA) is 45.6 Å². The third-order valence-electron chi connectivity index (χ3n) is 7.20. The quantitative estimate of drug-likeness (QED) is 0.218. The minimum absolute atomic E-state index is 0.130. The van der Waals surface area contributed by atoms with Gasteiger partial charge in [-0.3, -0.25) is 4.98 Å². The Labute approximate surface area is 240 Å². The van der Waals surface area contributed by atoms with E-state index in [1.807, 2.05) is 68.8 Å². The lowest BCUT2D eigenvalue weighted by Gasteiger charge is -2.29. The van der Waals surface area contributed by atoms with Crippen LogP contribution in [0.25, 0.3) is 5.69 Å². The number of nitrogens with one attached hydrogen (secondary N) is 1. The molecule has 0 radical (unpaired) electrons. The summed E-state index contributed by atoms with van der Waals surface area (Å²) in [6.45, 7) is 2.06. The van der Waals surface area contributed by atoms with Crippen LogP contribution in [-0.2, 0) is 0 Å². The van der Waals surface area contributed by atoms with Crippen LogP contribution < -0.4 is 19.9 Å². The van der Waals surface area contributed by atoms with Gasteiger partial charge in [-0.15, -0.1) is 0 Å². The number of benzene rings is 3. The van der Waals surface area contributed by atoms with Gasteiger partial charge in [0, 0.05) is 49.2 Å². The molecule has 7 heteroatoms. The summed E-state index contributed by atoms with van der Waals surface area (Å²) >= 11 is 5.95. The van der Waals surface area contributed by atoms with E-state index in [4.69, 9.17) is 21.9 Å². The lowest BCUT2D eigenvalue weighted by atomic mass is 10.0. The maximum atomic E-state index is 6.09. The number of pyridine rings is 1. The highest BCUT2D eigenvalue weighted by molar-refractivity contribution is 7.80. The minimum Gasteiger partial charge on any atom is -0.457 e. The second-order valence-corrected chi connectivity index (χ2v) is 10.5. The average Bonchev–Trinajstić information content (AvgIpc) is 3.59. The number of anilines is 2. The molecule has 6 nitrogen and oxygen atoms in total. The van der Waals surface area contributed by atoms with Crippen LogP contribution in [0.4, 0.5) is 11.4 Å². The van der Waals surface area contributed by atoms with E-state index in [2.05, 4.69) is 87.4 Å². The van der Waals surface area contributed by atoms with Crippen molar-refractivity contribution in [3.8, 4) is 17.2 Å². The van der Waals surface area contributed by atoms with Crippen molar-refractivity contribution in [2.75, 3.05) is 23.9 Å². The van der Waals surface area contributed by atoms with Crippen molar-refractivity contribution in [1.82, 2.24) is 14.9 Å². The van der Waals surface area contributed by atoms with E-state index >= 15 is 0 Å². The molecule has 1 fully saturated rings. The molecule has 0 saturated carbocycles. The van der Waals surface area contributed by atoms with E-state index in [1.165, 1.54) is 5.56 Å². The number of hydrogen-bond donors (Lipinski definition) is 1. The van der Waals surface area contributed by atoms with E-state index in [0.717, 1.165) is 39.9 Å². The molecule has 0 unspecified atom stereocenters. The molecule has 200 valence electrons. The van der Waals surface area contributed by atoms with E-state index in [0.29, 0.717) is 5.11 Å². The lowest BCUT2D eigenvalue weighted by Crippen LogP contribution is -2.30. The zero-order chi connectivity index (χ0) is 27.6. The normalized spacial score (nSPS) is 16.6. The Morgan fingerprint density at radius 1 is 0.800 bits per heavy atom. The van der Waals surface area contributed by atoms with Gasteiger partial charge in [-0.25, -0.2) is 0 Å². The summed E-state index contributed by atoms with van der Waals surface area (Å²) in [4.78, 5) is 8.99. The molecule has 2 aromatic heterocycles. The van der Waals surface area contributed by atoms with Crippen LogP contribution >= 0.6 is 12.2 Å². The Morgan fingerprint density at radius 2 is 1.48 bits per heavy atom. The van der Waals surface area contributed by atoms with Crippen molar-refractivity contribution in [1.29, 1.82) is 0 Å². The van der Waals surface area contributed by atoms with Crippen LogP contribution in [0.2, 0.25) is 0 Å². The van der Waals surface area contributed by atoms with Gasteiger partial charge in [0.1, 0.15) is 17.5 Å². The van der Waals surface area contributed by atoms with Crippen LogP contribution in [-0.4, -0.2) is 28.8 Å². The summed E-state index contributed by atoms with van der Waals surface area (Å²) in [6, 6.07) is 34.7. The second-order valence-electron chi connectivity index (χ2n) is 10.1. The number of thiocarbonyl (C=S) groups is 1. The van der Waals surface area contributed by atoms with Gasteiger partial charge < -0.3 is 24.4 Å². The highest BCUT2D eigenvalue weighted by Crippen LogP contribution is 2.42. The molecule has 1 aliphatic rings. The maximum Gasteiger partial charge on any atom is 0.174 e. The van der Waals surface area contributed by atoms with E-state index in [9.17, 15) is 0 Å². The van der Waals surface area contributed by atoms with Gasteiger partial charge in [0.05, 0.1) is 11.7 Å². The number of aromatic nitrogens is 2. The molecule has 6 rings (SSSR count). The zero-order valence-corrected chi connectivity index (χ0v) is 23.5. The monoisotopic (exact) mass is 545 g/mol. The standard InChI is InChI=1S/C33H31N5OS/c1-23-9-17-27(18-10-23)39-28-19-15-26(16-20-28)38-32(31(35-33(38)40)29-7-4-5-21-34-29)30-8-6-22-37(30)25-13-11-24(12-14-25)36(2)3/h4-22,31-32H,1-3H3,(H,35,40)/t31-,32+/m1/s1. The summed E-state index contributed by atoms with van der Waals surface area (Å²) in [5, 5.41) is 4.22. The van der Waals surface area contributed by atoms with E-state index in [1.54, 1.807) is 0 Å². The number of hydrogen-bond acceptors (Lipinski definition) is 4. The third kappa shape index (κ3) is 5.03. The summed E-state index contributed by atoms with van der Waals surface area (Å²) in [6.07, 6.45) is 3.93. The molecule has 40 heavy (non-hydrogen) atoms. The van der Waals surface area contributed by atoms with Crippen LogP contribution in [0.1, 0.15) is 29.0 Å². The molecule has 0 aliphatic carbocycles. The Morgan fingerprint density at radius 3 is 2.12 bits per heavy atom. The highest BCUT2D eigenvalue weighted by Gasteiger charge is 2.42. The number of aryl methyl sites for hydroxylation is 1. The van der Waals surface area contributed by atoms with Crippen molar-refractivity contribution >= 4 is 28.7 Å². The van der Waals surface area contributed by atoms with Crippen LogP contribution in [0.5, 0.6) is 11.5 Å². The summed E-state index contributed by atoms with van der Waals surface area (Å²) in [5.41, 5.74) is 6.47. The SMILES string of the molecule is Cc1ccc(Oc2ccc(N3C(=S)N[C@H](c4ccccn4)[C@@H]3c3cccn3-c3ccc(N(C)C)cc3)cc2)cc1. The van der Waals surface area contributed by atoms with E-state index < -0.39 is 0 Å². The largest absolute Gasteiger partial charge is 0.457 e. The maximum absolute atomic E-state index is 6.09. The summed E-state index contributed by atoms with van der Waals surface area (Å²) < 4.78 is 8.32. The first kappa shape index (κ1) is 25.6. The summed E-state index contributed by atoms with van der Waals surface area (Å²) in [7, 11) is 4.10. The number of nitrogens with zero attached hydrogens (tertiary/aromatic N) is 4. The molecule has 1 saturated heterocycles. The molecule has 1 N–H and O–H groups in total.